The van der Waals surface area contributed by atoms with Gasteiger partial charge in [0.2, 0.25) is 0 Å². The summed E-state index contributed by atoms with van der Waals surface area (Å²) >= 11 is 1.50. The number of rotatable bonds is 5. The van der Waals surface area contributed by atoms with Gasteiger partial charge in [-0.1, -0.05) is 6.92 Å². The van der Waals surface area contributed by atoms with Crippen LogP contribution >= 0.6 is 11.3 Å². The molecule has 0 saturated carbocycles. The molecule has 0 aromatic carbocycles. The molecule has 9 nitrogen and oxygen atoms in total. The molecule has 10 heteroatoms. The quantitative estimate of drug-likeness (QED) is 0.581. The van der Waals surface area contributed by atoms with Crippen molar-refractivity contribution < 1.29 is 19.1 Å². The number of hydrogen-bond donors (Lipinski definition) is 1. The van der Waals surface area contributed by atoms with Gasteiger partial charge in [0.05, 0.1) is 5.69 Å². The summed E-state index contributed by atoms with van der Waals surface area (Å²) in [7, 11) is 0. The molecule has 0 unspecified atom stereocenters. The molecule has 1 fully saturated rings. The van der Waals surface area contributed by atoms with E-state index in [1.165, 1.54) is 22.3 Å². The van der Waals surface area contributed by atoms with Crippen molar-refractivity contribution in [1.82, 2.24) is 19.6 Å². The zero-order valence-corrected chi connectivity index (χ0v) is 17.1. The summed E-state index contributed by atoms with van der Waals surface area (Å²) in [5, 5.41) is 2.58. The third-order valence-electron chi connectivity index (χ3n) is 5.54. The molecule has 0 spiro atoms. The summed E-state index contributed by atoms with van der Waals surface area (Å²) < 4.78 is 6.82. The van der Waals surface area contributed by atoms with Crippen LogP contribution in [0.2, 0.25) is 0 Å². The highest BCUT2D eigenvalue weighted by Gasteiger charge is 2.47. The van der Waals surface area contributed by atoms with Gasteiger partial charge < -0.3 is 10.1 Å². The van der Waals surface area contributed by atoms with E-state index in [1.54, 1.807) is 18.2 Å². The Kier molecular flexibility index (Phi) is 4.89. The number of nitrogens with zero attached hydrogens (tertiary/aromatic N) is 3. The first kappa shape index (κ1) is 19.6. The molecule has 0 radical (unpaired) electrons. The second-order valence-electron chi connectivity index (χ2n) is 7.55. The second kappa shape index (κ2) is 7.25. The molecule has 1 aliphatic heterocycles. The molecule has 2 aliphatic rings. The summed E-state index contributed by atoms with van der Waals surface area (Å²) in [6, 6.07) is 0.752. The molecule has 2 aromatic rings. The fraction of sp³-hybridized carbons (Fsp3) is 0.526. The Morgan fingerprint density at radius 3 is 2.79 bits per heavy atom. The Labute approximate surface area is 170 Å². The lowest BCUT2D eigenvalue weighted by Crippen LogP contribution is -2.43. The Morgan fingerprint density at radius 2 is 2.07 bits per heavy atom. The van der Waals surface area contributed by atoms with Gasteiger partial charge in [0.25, 0.3) is 11.5 Å². The molecule has 1 N–H and O–H groups in total. The normalized spacial score (nSPS) is 21.4. The van der Waals surface area contributed by atoms with E-state index >= 15 is 0 Å². The van der Waals surface area contributed by atoms with Gasteiger partial charge in [-0.15, -0.1) is 11.3 Å². The first-order chi connectivity index (χ1) is 13.8. The number of esters is 1. The van der Waals surface area contributed by atoms with Crippen molar-refractivity contribution in [3.63, 3.8) is 0 Å². The zero-order valence-electron chi connectivity index (χ0n) is 16.3. The Morgan fingerprint density at radius 1 is 1.31 bits per heavy atom. The maximum absolute atomic E-state index is 12.5. The number of ether oxygens (including phenoxy) is 1. The Balaban J connectivity index is 1.45. The predicted octanol–water partition coefficient (Wildman–Crippen LogP) is 1.40. The van der Waals surface area contributed by atoms with Crippen molar-refractivity contribution in [3.05, 3.63) is 32.7 Å². The number of aryl methyl sites for hydroxylation is 2. The molecular formula is C19H22N4O5S. The number of amides is 3. The second-order valence-corrected chi connectivity index (χ2v) is 8.61. The van der Waals surface area contributed by atoms with Crippen molar-refractivity contribution in [3.8, 4) is 0 Å². The molecule has 4 rings (SSSR count). The lowest BCUT2D eigenvalue weighted by molar-refractivity contribution is -0.148. The molecule has 3 heterocycles. The van der Waals surface area contributed by atoms with Crippen LogP contribution < -0.4 is 10.9 Å². The first-order valence-corrected chi connectivity index (χ1v) is 10.5. The average Bonchev–Trinajstić information content (AvgIpc) is 3.17. The number of fused-ring (bicyclic) bond motifs is 3. The van der Waals surface area contributed by atoms with Crippen molar-refractivity contribution in [2.24, 2.45) is 0 Å². The fourth-order valence-corrected chi connectivity index (χ4v) is 4.91. The van der Waals surface area contributed by atoms with Gasteiger partial charge in [-0.25, -0.2) is 9.78 Å². The predicted molar refractivity (Wildman–Crippen MR) is 105 cm³/mol. The van der Waals surface area contributed by atoms with Crippen molar-refractivity contribution in [2.45, 2.75) is 58.1 Å². The number of aromatic nitrogens is 2. The van der Waals surface area contributed by atoms with Crippen LogP contribution in [-0.4, -0.2) is 44.3 Å². The van der Waals surface area contributed by atoms with Crippen molar-refractivity contribution >= 4 is 34.2 Å². The molecule has 154 valence electrons. The number of imide groups is 1. The van der Waals surface area contributed by atoms with E-state index in [9.17, 15) is 19.2 Å². The number of thiazole rings is 1. The lowest BCUT2D eigenvalue weighted by atomic mass is 9.99. The van der Waals surface area contributed by atoms with E-state index in [0.29, 0.717) is 17.1 Å². The van der Waals surface area contributed by atoms with Gasteiger partial charge >= 0.3 is 12.0 Å². The van der Waals surface area contributed by atoms with E-state index in [0.717, 1.165) is 36.3 Å². The van der Waals surface area contributed by atoms with E-state index in [1.807, 2.05) is 0 Å². The molecular weight excluding hydrogens is 396 g/mol. The van der Waals surface area contributed by atoms with Gasteiger partial charge in [0.15, 0.2) is 4.96 Å². The van der Waals surface area contributed by atoms with Crippen molar-refractivity contribution in [2.75, 3.05) is 6.54 Å². The number of carbonyl (C=O) groups is 3. The zero-order chi connectivity index (χ0) is 20.8. The lowest BCUT2D eigenvalue weighted by Gasteiger charge is -2.18. The van der Waals surface area contributed by atoms with Crippen LogP contribution in [0.25, 0.3) is 4.96 Å². The maximum atomic E-state index is 12.5. The average molecular weight is 418 g/mol. The minimum atomic E-state index is -1.00. The molecule has 2 aromatic heterocycles. The van der Waals surface area contributed by atoms with E-state index in [4.69, 9.17) is 4.74 Å². The molecule has 1 saturated heterocycles. The minimum Gasteiger partial charge on any atom is -0.458 e. The number of nitrogens with one attached hydrogen (secondary N) is 1. The Hall–Kier alpha value is -2.75. The van der Waals surface area contributed by atoms with Crippen LogP contribution in [0.15, 0.2) is 10.9 Å². The molecule has 0 bridgehead atoms. The van der Waals surface area contributed by atoms with Gasteiger partial charge in [-0.05, 0) is 39.0 Å². The van der Waals surface area contributed by atoms with Gasteiger partial charge in [0, 0.05) is 16.6 Å². The topological polar surface area (TPSA) is 110 Å². The summed E-state index contributed by atoms with van der Waals surface area (Å²) in [6.45, 7) is 2.73. The number of urea groups is 1. The van der Waals surface area contributed by atoms with Crippen LogP contribution in [0.5, 0.6) is 0 Å². The summed E-state index contributed by atoms with van der Waals surface area (Å²) in [6.07, 6.45) is 4.41. The largest absolute Gasteiger partial charge is 0.458 e. The maximum Gasteiger partial charge on any atom is 0.326 e. The summed E-state index contributed by atoms with van der Waals surface area (Å²) in [4.78, 5) is 56.1. The fourth-order valence-electron chi connectivity index (χ4n) is 3.68. The number of hydrogen-bond acceptors (Lipinski definition) is 7. The highest BCUT2D eigenvalue weighted by Crippen LogP contribution is 2.28. The van der Waals surface area contributed by atoms with Gasteiger partial charge in [-0.2, -0.15) is 0 Å². The van der Waals surface area contributed by atoms with Gasteiger partial charge in [0.1, 0.15) is 18.7 Å². The smallest absolute Gasteiger partial charge is 0.326 e. The third-order valence-corrected chi connectivity index (χ3v) is 6.68. The van der Waals surface area contributed by atoms with Crippen LogP contribution in [0.3, 0.4) is 0 Å². The van der Waals surface area contributed by atoms with Crippen LogP contribution in [0, 0.1) is 0 Å². The first-order valence-electron chi connectivity index (χ1n) is 9.65. The Bertz CT molecular complexity index is 1070. The monoisotopic (exact) mass is 418 g/mol. The summed E-state index contributed by atoms with van der Waals surface area (Å²) in [5.41, 5.74) is 0.192. The highest BCUT2D eigenvalue weighted by atomic mass is 32.1. The highest BCUT2D eigenvalue weighted by molar-refractivity contribution is 7.17. The standard InChI is InChI=1S/C19H22N4O5S/c1-3-19(2)16(26)22(17(27)21-19)9-15(25)28-10-11-8-14(24)23-12-6-4-5-7-13(12)29-18(23)20-11/h8H,3-7,9-10H2,1-2H3,(H,21,27)/t19-/m0/s1. The molecule has 1 aliphatic carbocycles. The van der Waals surface area contributed by atoms with E-state index < -0.39 is 30.0 Å². The third kappa shape index (κ3) is 3.41. The van der Waals surface area contributed by atoms with Crippen LogP contribution in [0.4, 0.5) is 4.79 Å². The summed E-state index contributed by atoms with van der Waals surface area (Å²) in [5.74, 6) is -1.19. The van der Waals surface area contributed by atoms with Crippen LogP contribution in [0.1, 0.15) is 49.4 Å². The minimum absolute atomic E-state index is 0.187. The van der Waals surface area contributed by atoms with Crippen molar-refractivity contribution in [1.29, 1.82) is 0 Å². The SMILES string of the molecule is CC[C@]1(C)NC(=O)N(CC(=O)OCc2cc(=O)n3c4c(sc3n2)CCCC4)C1=O. The van der Waals surface area contributed by atoms with Gasteiger partial charge in [-0.3, -0.25) is 23.7 Å². The van der Waals surface area contributed by atoms with E-state index in [2.05, 4.69) is 10.3 Å². The molecule has 3 amide bonds. The van der Waals surface area contributed by atoms with Crippen LogP contribution in [-0.2, 0) is 33.8 Å². The molecule has 1 atom stereocenters. The van der Waals surface area contributed by atoms with E-state index in [-0.39, 0.29) is 12.2 Å². The number of carbonyl (C=O) groups excluding carboxylic acids is 3. The molecule has 29 heavy (non-hydrogen) atoms.